The third-order valence-electron chi connectivity index (χ3n) is 3.87. The third-order valence-corrected chi connectivity index (χ3v) is 5.55. The largest absolute Gasteiger partial charge is 0.321 e. The van der Waals surface area contributed by atoms with E-state index in [2.05, 4.69) is 10.0 Å². The summed E-state index contributed by atoms with van der Waals surface area (Å²) in [5, 5.41) is 4.45. The van der Waals surface area contributed by atoms with E-state index in [9.17, 15) is 13.2 Å². The minimum Gasteiger partial charge on any atom is -0.321 e. The first-order valence-corrected chi connectivity index (χ1v) is 8.97. The Bertz CT molecular complexity index is 1110. The molecule has 0 saturated carbocycles. The van der Waals surface area contributed by atoms with Crippen LogP contribution in [0.1, 0.15) is 10.4 Å². The fourth-order valence-electron chi connectivity index (χ4n) is 2.78. The second-order valence-electron chi connectivity index (χ2n) is 5.41. The zero-order valence-electron chi connectivity index (χ0n) is 12.2. The van der Waals surface area contributed by atoms with Crippen molar-refractivity contribution < 1.29 is 13.2 Å². The highest BCUT2D eigenvalue weighted by Gasteiger charge is 2.25. The van der Waals surface area contributed by atoms with E-state index in [-0.39, 0.29) is 16.5 Å². The van der Waals surface area contributed by atoms with Crippen molar-refractivity contribution in [2.24, 2.45) is 0 Å². The first-order valence-electron chi connectivity index (χ1n) is 7.11. The molecule has 5 nitrogen and oxygen atoms in total. The molecule has 120 valence electrons. The van der Waals surface area contributed by atoms with Crippen molar-refractivity contribution in [1.82, 2.24) is 0 Å². The molecule has 4 rings (SSSR count). The van der Waals surface area contributed by atoms with E-state index in [0.717, 1.165) is 5.39 Å². The number of para-hydroxylation sites is 1. The van der Waals surface area contributed by atoms with E-state index in [1.807, 2.05) is 0 Å². The lowest BCUT2D eigenvalue weighted by atomic mass is 10.1. The minimum absolute atomic E-state index is 0.0131. The van der Waals surface area contributed by atoms with Crippen LogP contribution in [-0.2, 0) is 10.0 Å². The van der Waals surface area contributed by atoms with Crippen LogP contribution in [-0.4, -0.2) is 14.3 Å². The van der Waals surface area contributed by atoms with Gasteiger partial charge < -0.3 is 5.32 Å². The van der Waals surface area contributed by atoms with Gasteiger partial charge in [0.05, 0.1) is 21.2 Å². The van der Waals surface area contributed by atoms with E-state index in [0.29, 0.717) is 21.7 Å². The van der Waals surface area contributed by atoms with Gasteiger partial charge in [-0.2, -0.15) is 0 Å². The van der Waals surface area contributed by atoms with Gasteiger partial charge in [0.25, 0.3) is 15.9 Å². The lowest BCUT2D eigenvalue weighted by Gasteiger charge is -2.11. The van der Waals surface area contributed by atoms with Crippen molar-refractivity contribution in [3.05, 3.63) is 65.2 Å². The highest BCUT2D eigenvalue weighted by atomic mass is 35.5. The summed E-state index contributed by atoms with van der Waals surface area (Å²) in [6.45, 7) is 0. The number of benzene rings is 3. The second kappa shape index (κ2) is 5.22. The molecule has 0 bridgehead atoms. The van der Waals surface area contributed by atoms with Crippen molar-refractivity contribution >= 4 is 49.7 Å². The summed E-state index contributed by atoms with van der Waals surface area (Å²) < 4.78 is 27.8. The van der Waals surface area contributed by atoms with Crippen molar-refractivity contribution in [3.63, 3.8) is 0 Å². The molecular formula is C17H11ClN2O3S. The predicted molar refractivity (Wildman–Crippen MR) is 94.2 cm³/mol. The highest BCUT2D eigenvalue weighted by Crippen LogP contribution is 2.35. The lowest BCUT2D eigenvalue weighted by molar-refractivity contribution is 0.103. The Morgan fingerprint density at radius 1 is 1.00 bits per heavy atom. The Morgan fingerprint density at radius 2 is 1.79 bits per heavy atom. The summed E-state index contributed by atoms with van der Waals surface area (Å²) in [5.41, 5.74) is 1.33. The third kappa shape index (κ3) is 2.31. The molecule has 0 unspecified atom stereocenters. The van der Waals surface area contributed by atoms with Gasteiger partial charge in [0, 0.05) is 11.1 Å². The topological polar surface area (TPSA) is 75.3 Å². The van der Waals surface area contributed by atoms with Crippen LogP contribution in [0.5, 0.6) is 0 Å². The molecule has 3 aromatic carbocycles. The molecule has 1 heterocycles. The Morgan fingerprint density at radius 3 is 2.58 bits per heavy atom. The molecule has 1 amide bonds. The maximum absolute atomic E-state index is 12.7. The molecule has 3 aromatic rings. The van der Waals surface area contributed by atoms with Gasteiger partial charge in [-0.15, -0.1) is 0 Å². The van der Waals surface area contributed by atoms with Gasteiger partial charge in [0.1, 0.15) is 0 Å². The van der Waals surface area contributed by atoms with Gasteiger partial charge in [-0.1, -0.05) is 35.9 Å². The van der Waals surface area contributed by atoms with Crippen LogP contribution in [0.4, 0.5) is 11.4 Å². The van der Waals surface area contributed by atoms with Crippen molar-refractivity contribution in [2.45, 2.75) is 4.90 Å². The molecule has 0 aliphatic carbocycles. The summed E-state index contributed by atoms with van der Waals surface area (Å²) in [5.74, 6) is -0.309. The van der Waals surface area contributed by atoms with Gasteiger partial charge in [-0.3, -0.25) is 9.52 Å². The van der Waals surface area contributed by atoms with E-state index in [1.54, 1.807) is 48.5 Å². The Kier molecular flexibility index (Phi) is 3.26. The monoisotopic (exact) mass is 358 g/mol. The molecule has 7 heteroatoms. The van der Waals surface area contributed by atoms with Crippen LogP contribution in [0.25, 0.3) is 10.8 Å². The minimum atomic E-state index is -3.87. The average Bonchev–Trinajstić information content (AvgIpc) is 2.87. The SMILES string of the molecule is O=C1Nc2cccc3cc(S(=O)(=O)Nc4ccccc4Cl)cc1c23. The van der Waals surface area contributed by atoms with E-state index >= 15 is 0 Å². The van der Waals surface area contributed by atoms with Crippen molar-refractivity contribution in [3.8, 4) is 0 Å². The standard InChI is InChI=1S/C17H11ClN2O3S/c18-13-5-1-2-6-14(13)20-24(22,23)11-8-10-4-3-7-15-16(10)12(9-11)17(21)19-15/h1-9,20H,(H,19,21). The molecular weight excluding hydrogens is 348 g/mol. The number of amides is 1. The molecule has 0 aromatic heterocycles. The van der Waals surface area contributed by atoms with E-state index in [4.69, 9.17) is 11.6 Å². The van der Waals surface area contributed by atoms with Crippen molar-refractivity contribution in [2.75, 3.05) is 10.0 Å². The van der Waals surface area contributed by atoms with Gasteiger partial charge >= 0.3 is 0 Å². The lowest BCUT2D eigenvalue weighted by Crippen LogP contribution is -2.14. The summed E-state index contributed by atoms with van der Waals surface area (Å²) >= 11 is 6.01. The average molecular weight is 359 g/mol. The summed E-state index contributed by atoms with van der Waals surface area (Å²) in [7, 11) is -3.87. The number of nitrogens with one attached hydrogen (secondary N) is 2. The molecule has 24 heavy (non-hydrogen) atoms. The number of hydrogen-bond donors (Lipinski definition) is 2. The fourth-order valence-corrected chi connectivity index (χ4v) is 4.16. The molecule has 0 spiro atoms. The first kappa shape index (κ1) is 15.0. The van der Waals surface area contributed by atoms with Crippen LogP contribution in [0.3, 0.4) is 0 Å². The van der Waals surface area contributed by atoms with Gasteiger partial charge in [-0.25, -0.2) is 8.42 Å². The number of carbonyl (C=O) groups is 1. The molecule has 1 aliphatic heterocycles. The zero-order valence-corrected chi connectivity index (χ0v) is 13.8. The number of anilines is 2. The first-order chi connectivity index (χ1) is 11.5. The number of carbonyl (C=O) groups excluding carboxylic acids is 1. The van der Waals surface area contributed by atoms with Crippen LogP contribution in [0.15, 0.2) is 59.5 Å². The maximum Gasteiger partial charge on any atom is 0.261 e. The molecule has 1 aliphatic rings. The Labute approximate surface area is 143 Å². The number of rotatable bonds is 3. The zero-order chi connectivity index (χ0) is 16.9. The van der Waals surface area contributed by atoms with Gasteiger partial charge in [0.15, 0.2) is 0 Å². The molecule has 0 atom stereocenters. The number of hydrogen-bond acceptors (Lipinski definition) is 3. The maximum atomic E-state index is 12.7. The molecule has 2 N–H and O–H groups in total. The number of halogens is 1. The predicted octanol–water partition coefficient (Wildman–Crippen LogP) is 3.86. The van der Waals surface area contributed by atoms with Crippen LogP contribution >= 0.6 is 11.6 Å². The van der Waals surface area contributed by atoms with Crippen LogP contribution in [0, 0.1) is 0 Å². The van der Waals surface area contributed by atoms with Crippen molar-refractivity contribution in [1.29, 1.82) is 0 Å². The van der Waals surface area contributed by atoms with E-state index in [1.165, 1.54) is 6.07 Å². The molecule has 0 saturated heterocycles. The number of sulfonamides is 1. The van der Waals surface area contributed by atoms with Crippen LogP contribution < -0.4 is 10.0 Å². The molecule has 0 radical (unpaired) electrons. The van der Waals surface area contributed by atoms with Gasteiger partial charge in [-0.05, 0) is 35.7 Å². The summed E-state index contributed by atoms with van der Waals surface area (Å²) in [6, 6.07) is 14.8. The van der Waals surface area contributed by atoms with Gasteiger partial charge in [0.2, 0.25) is 0 Å². The summed E-state index contributed by atoms with van der Waals surface area (Å²) in [4.78, 5) is 12.1. The normalized spacial score (nSPS) is 13.1. The Hall–Kier alpha value is -2.57. The summed E-state index contributed by atoms with van der Waals surface area (Å²) in [6.07, 6.45) is 0. The smallest absolute Gasteiger partial charge is 0.261 e. The molecule has 0 fully saturated rings. The second-order valence-corrected chi connectivity index (χ2v) is 7.50. The quantitative estimate of drug-likeness (QED) is 0.746. The highest BCUT2D eigenvalue weighted by molar-refractivity contribution is 7.92. The fraction of sp³-hybridized carbons (Fsp3) is 0. The Balaban J connectivity index is 1.86. The van der Waals surface area contributed by atoms with E-state index < -0.39 is 10.0 Å². The van der Waals surface area contributed by atoms with Crippen LogP contribution in [0.2, 0.25) is 5.02 Å².